The summed E-state index contributed by atoms with van der Waals surface area (Å²) in [6, 6.07) is 13.9. The Bertz CT molecular complexity index is 1500. The van der Waals surface area contributed by atoms with Crippen LogP contribution in [0.1, 0.15) is 60.4 Å². The number of carbonyl (C=O) groups is 1. The quantitative estimate of drug-likeness (QED) is 0.388. The van der Waals surface area contributed by atoms with Crippen molar-refractivity contribution in [2.75, 3.05) is 16.8 Å². The van der Waals surface area contributed by atoms with Gasteiger partial charge in [-0.15, -0.1) is 0 Å². The zero-order chi connectivity index (χ0) is 25.1. The maximum absolute atomic E-state index is 12.9. The first-order chi connectivity index (χ1) is 18.0. The molecule has 3 aromatic heterocycles. The van der Waals surface area contributed by atoms with E-state index in [2.05, 4.69) is 49.1 Å². The van der Waals surface area contributed by atoms with Gasteiger partial charge in [-0.1, -0.05) is 29.8 Å². The first-order valence-electron chi connectivity index (χ1n) is 12.9. The van der Waals surface area contributed by atoms with E-state index in [0.717, 1.165) is 35.6 Å². The van der Waals surface area contributed by atoms with Crippen LogP contribution in [0.15, 0.2) is 61.2 Å². The Hall–Kier alpha value is -3.49. The maximum atomic E-state index is 12.9. The molecule has 8 nitrogen and oxygen atoms in total. The predicted octanol–water partition coefficient (Wildman–Crippen LogP) is 4.68. The molecule has 1 saturated heterocycles. The standard InChI is InChI=1S/C28H28ClN7O/c29-19-3-1-2-17(8-19)21-10-22(21)28(37)34-25-11-27(32-15-31-25)36-13-20(30)9-24(36)23-14-35-12-18(16-4-5-16)6-7-26(35)33-23/h1-3,6-8,11-12,14-16,20-22,24H,4-5,9-10,13,30H2,(H,31,32,34,37)/t20-,21?,22?,24-/m1/s1. The zero-order valence-corrected chi connectivity index (χ0v) is 21.1. The highest BCUT2D eigenvalue weighted by Crippen LogP contribution is 2.48. The van der Waals surface area contributed by atoms with Gasteiger partial charge in [-0.25, -0.2) is 15.0 Å². The number of imidazole rings is 1. The largest absolute Gasteiger partial charge is 0.346 e. The van der Waals surface area contributed by atoms with Crippen LogP contribution in [-0.2, 0) is 4.79 Å². The summed E-state index contributed by atoms with van der Waals surface area (Å²) >= 11 is 6.13. The van der Waals surface area contributed by atoms with Gasteiger partial charge in [0, 0.05) is 42.0 Å². The van der Waals surface area contributed by atoms with E-state index >= 15 is 0 Å². The van der Waals surface area contributed by atoms with Gasteiger partial charge in [0.05, 0.1) is 11.7 Å². The van der Waals surface area contributed by atoms with Crippen molar-refractivity contribution in [3.05, 3.63) is 83.0 Å². The number of carbonyl (C=O) groups excluding carboxylic acids is 1. The van der Waals surface area contributed by atoms with Crippen LogP contribution in [0.25, 0.3) is 5.65 Å². The van der Waals surface area contributed by atoms with Gasteiger partial charge in [0.25, 0.3) is 0 Å². The number of nitrogens with two attached hydrogens (primary N) is 1. The Morgan fingerprint density at radius 1 is 1.05 bits per heavy atom. The molecule has 4 heterocycles. The zero-order valence-electron chi connectivity index (χ0n) is 20.3. The molecule has 188 valence electrons. The molecule has 4 aromatic rings. The van der Waals surface area contributed by atoms with Crippen molar-refractivity contribution in [1.29, 1.82) is 0 Å². The molecule has 0 radical (unpaired) electrons. The van der Waals surface area contributed by atoms with Crippen molar-refractivity contribution < 1.29 is 4.79 Å². The minimum absolute atomic E-state index is 0.00775. The van der Waals surface area contributed by atoms with Crippen molar-refractivity contribution in [1.82, 2.24) is 19.4 Å². The molecule has 3 fully saturated rings. The lowest BCUT2D eigenvalue weighted by molar-refractivity contribution is -0.117. The average molecular weight is 514 g/mol. The Morgan fingerprint density at radius 2 is 1.95 bits per heavy atom. The Morgan fingerprint density at radius 3 is 2.78 bits per heavy atom. The molecule has 2 aliphatic carbocycles. The first-order valence-corrected chi connectivity index (χ1v) is 13.3. The monoisotopic (exact) mass is 513 g/mol. The summed E-state index contributed by atoms with van der Waals surface area (Å²) in [6.07, 6.45) is 9.95. The summed E-state index contributed by atoms with van der Waals surface area (Å²) in [5, 5.41) is 3.68. The minimum Gasteiger partial charge on any atom is -0.346 e. The van der Waals surface area contributed by atoms with Gasteiger partial charge in [-0.3, -0.25) is 4.79 Å². The number of nitrogens with one attached hydrogen (secondary N) is 1. The minimum atomic E-state index is -0.0802. The van der Waals surface area contributed by atoms with E-state index in [0.29, 0.717) is 23.3 Å². The number of halogens is 1. The third kappa shape index (κ3) is 4.45. The summed E-state index contributed by atoms with van der Waals surface area (Å²) in [4.78, 5) is 28.9. The van der Waals surface area contributed by atoms with Crippen LogP contribution in [0.3, 0.4) is 0 Å². The number of aromatic nitrogens is 4. The normalized spacial score (nSPS) is 25.0. The second-order valence-corrected chi connectivity index (χ2v) is 11.0. The van der Waals surface area contributed by atoms with Gasteiger partial charge in [0.1, 0.15) is 23.6 Å². The molecule has 9 heteroatoms. The van der Waals surface area contributed by atoms with Crippen LogP contribution in [0.4, 0.5) is 11.6 Å². The fourth-order valence-electron chi connectivity index (χ4n) is 5.63. The van der Waals surface area contributed by atoms with Crippen molar-refractivity contribution >= 4 is 34.8 Å². The van der Waals surface area contributed by atoms with Gasteiger partial charge >= 0.3 is 0 Å². The number of nitrogens with zero attached hydrogens (tertiary/aromatic N) is 5. The lowest BCUT2D eigenvalue weighted by Crippen LogP contribution is -2.28. The van der Waals surface area contributed by atoms with Gasteiger partial charge in [-0.2, -0.15) is 0 Å². The van der Waals surface area contributed by atoms with E-state index in [-0.39, 0.29) is 29.8 Å². The summed E-state index contributed by atoms with van der Waals surface area (Å²) in [5.41, 5.74) is 10.8. The van der Waals surface area contributed by atoms with Crippen molar-refractivity contribution in [2.24, 2.45) is 11.7 Å². The average Bonchev–Trinajstić information content (AvgIpc) is 3.81. The number of fused-ring (bicyclic) bond motifs is 1. The number of hydrogen-bond donors (Lipinski definition) is 2. The number of hydrogen-bond acceptors (Lipinski definition) is 6. The third-order valence-electron chi connectivity index (χ3n) is 7.82. The number of anilines is 2. The van der Waals surface area contributed by atoms with E-state index in [1.807, 2.05) is 30.3 Å². The summed E-state index contributed by atoms with van der Waals surface area (Å²) in [7, 11) is 0. The fourth-order valence-corrected chi connectivity index (χ4v) is 5.83. The van der Waals surface area contributed by atoms with Gasteiger partial charge in [0.2, 0.25) is 5.91 Å². The second kappa shape index (κ2) is 8.82. The molecule has 1 amide bonds. The molecule has 0 spiro atoms. The first kappa shape index (κ1) is 22.7. The smallest absolute Gasteiger partial charge is 0.229 e. The highest BCUT2D eigenvalue weighted by molar-refractivity contribution is 6.30. The Labute approximate surface area is 219 Å². The number of benzene rings is 1. The van der Waals surface area contributed by atoms with Gasteiger partial charge in [0.15, 0.2) is 0 Å². The molecule has 37 heavy (non-hydrogen) atoms. The Balaban J connectivity index is 1.09. The van der Waals surface area contributed by atoms with E-state index < -0.39 is 0 Å². The second-order valence-electron chi connectivity index (χ2n) is 10.6. The van der Waals surface area contributed by atoms with Crippen LogP contribution >= 0.6 is 11.6 Å². The maximum Gasteiger partial charge on any atom is 0.229 e. The molecule has 1 aromatic carbocycles. The summed E-state index contributed by atoms with van der Waals surface area (Å²) in [5.74, 6) is 2.00. The molecule has 0 bridgehead atoms. The molecule has 7 rings (SSSR count). The molecular weight excluding hydrogens is 486 g/mol. The van der Waals surface area contributed by atoms with Crippen molar-refractivity contribution in [2.45, 2.75) is 49.6 Å². The van der Waals surface area contributed by atoms with Crippen molar-refractivity contribution in [3.63, 3.8) is 0 Å². The van der Waals surface area contributed by atoms with Crippen LogP contribution in [0.2, 0.25) is 5.02 Å². The molecule has 4 atom stereocenters. The lowest BCUT2D eigenvalue weighted by atomic mass is 10.1. The van der Waals surface area contributed by atoms with Crippen LogP contribution in [-0.4, -0.2) is 37.8 Å². The highest BCUT2D eigenvalue weighted by Gasteiger charge is 2.44. The van der Waals surface area contributed by atoms with E-state index in [1.54, 1.807) is 0 Å². The third-order valence-corrected chi connectivity index (χ3v) is 8.05. The SMILES string of the molecule is N[C@@H]1C[C@H](c2cn3cc(C4CC4)ccc3n2)N(c2cc(NC(=O)C3CC3c3cccc(Cl)c3)ncn2)C1. The van der Waals surface area contributed by atoms with Gasteiger partial charge < -0.3 is 20.4 Å². The molecular formula is C28H28ClN7O. The highest BCUT2D eigenvalue weighted by atomic mass is 35.5. The van der Waals surface area contributed by atoms with Crippen LogP contribution in [0.5, 0.6) is 0 Å². The summed E-state index contributed by atoms with van der Waals surface area (Å²) in [6.45, 7) is 0.662. The fraction of sp³-hybridized carbons (Fsp3) is 0.357. The van der Waals surface area contributed by atoms with E-state index in [4.69, 9.17) is 22.3 Å². The van der Waals surface area contributed by atoms with Gasteiger partial charge in [-0.05, 0) is 66.8 Å². The summed E-state index contributed by atoms with van der Waals surface area (Å²) < 4.78 is 2.13. The lowest BCUT2D eigenvalue weighted by Gasteiger charge is -2.24. The predicted molar refractivity (Wildman–Crippen MR) is 143 cm³/mol. The molecule has 3 N–H and O–H groups in total. The molecule has 2 unspecified atom stereocenters. The number of rotatable bonds is 6. The molecule has 1 aliphatic heterocycles. The number of amides is 1. The van der Waals surface area contributed by atoms with Crippen LogP contribution < -0.4 is 16.0 Å². The van der Waals surface area contributed by atoms with E-state index in [9.17, 15) is 4.79 Å². The van der Waals surface area contributed by atoms with Crippen molar-refractivity contribution in [3.8, 4) is 0 Å². The Kier molecular flexibility index (Phi) is 5.41. The molecule has 2 saturated carbocycles. The van der Waals surface area contributed by atoms with E-state index in [1.165, 1.54) is 24.7 Å². The molecule has 3 aliphatic rings. The number of pyridine rings is 1. The van der Waals surface area contributed by atoms with Crippen LogP contribution in [0, 0.1) is 5.92 Å². The topological polar surface area (TPSA) is 101 Å².